The van der Waals surface area contributed by atoms with Crippen LogP contribution in [0, 0.1) is 0 Å². The Morgan fingerprint density at radius 3 is 1.75 bits per heavy atom. The molecule has 2 nitrogen and oxygen atoms in total. The van der Waals surface area contributed by atoms with E-state index in [-0.39, 0.29) is 32.7 Å². The van der Waals surface area contributed by atoms with E-state index in [2.05, 4.69) is 0 Å². The SMILES string of the molecule is C[C-]=O.O=[C-]c1ccccc1.[Y]. The average Bonchev–Trinajstić information content (AvgIpc) is 2.08. The standard InChI is InChI=1S/C7H5O.C2H3O.Y/c8-6-7-4-2-1-3-5-7;1-2-3;/h1-5H;1H3;/q2*-1;. The molecule has 1 aromatic carbocycles. The zero-order valence-electron chi connectivity index (χ0n) is 6.78. The van der Waals surface area contributed by atoms with Crippen LogP contribution in [0.5, 0.6) is 0 Å². The Morgan fingerprint density at radius 2 is 1.50 bits per heavy atom. The van der Waals surface area contributed by atoms with Crippen molar-refractivity contribution in [3.63, 3.8) is 0 Å². The number of hydrogen-bond donors (Lipinski definition) is 0. The van der Waals surface area contributed by atoms with Crippen molar-refractivity contribution in [2.75, 3.05) is 0 Å². The number of rotatable bonds is 1. The molecule has 0 spiro atoms. The molecule has 0 saturated heterocycles. The zero-order chi connectivity index (χ0) is 8.53. The van der Waals surface area contributed by atoms with Crippen LogP contribution in [0.15, 0.2) is 30.3 Å². The van der Waals surface area contributed by atoms with E-state index in [1.165, 1.54) is 13.2 Å². The molecular formula is C9H8O2Y-2. The molecule has 0 atom stereocenters. The summed E-state index contributed by atoms with van der Waals surface area (Å²) < 4.78 is 0. The van der Waals surface area contributed by atoms with Crippen molar-refractivity contribution in [2.24, 2.45) is 0 Å². The molecule has 0 amide bonds. The Hall–Kier alpha value is -0.336. The van der Waals surface area contributed by atoms with E-state index in [1.54, 1.807) is 30.6 Å². The predicted molar refractivity (Wildman–Crippen MR) is 42.6 cm³/mol. The van der Waals surface area contributed by atoms with Crippen molar-refractivity contribution in [1.82, 2.24) is 0 Å². The monoisotopic (exact) mass is 237 g/mol. The topological polar surface area (TPSA) is 34.1 Å². The Bertz CT molecular complexity index is 209. The van der Waals surface area contributed by atoms with Crippen LogP contribution in [0.1, 0.15) is 12.5 Å². The van der Waals surface area contributed by atoms with Crippen molar-refractivity contribution in [1.29, 1.82) is 0 Å². The van der Waals surface area contributed by atoms with Gasteiger partial charge in [-0.1, -0.05) is 6.07 Å². The maximum atomic E-state index is 9.88. The summed E-state index contributed by atoms with van der Waals surface area (Å²) in [6.07, 6.45) is 3.28. The van der Waals surface area contributed by atoms with Crippen LogP contribution in [0.4, 0.5) is 0 Å². The van der Waals surface area contributed by atoms with Crippen molar-refractivity contribution >= 4 is 12.6 Å². The van der Waals surface area contributed by atoms with Gasteiger partial charge in [0.2, 0.25) is 0 Å². The molecule has 3 heteroatoms. The van der Waals surface area contributed by atoms with Crippen LogP contribution in [-0.4, -0.2) is 12.6 Å². The molecule has 61 valence electrons. The first-order chi connectivity index (χ1) is 5.35. The van der Waals surface area contributed by atoms with Gasteiger partial charge >= 0.3 is 0 Å². The molecule has 0 saturated carbocycles. The van der Waals surface area contributed by atoms with Gasteiger partial charge in [0.1, 0.15) is 0 Å². The molecule has 0 heterocycles. The molecule has 0 aliphatic carbocycles. The minimum absolute atomic E-state index is 0. The van der Waals surface area contributed by atoms with E-state index in [0.717, 1.165) is 0 Å². The van der Waals surface area contributed by atoms with Gasteiger partial charge in [0, 0.05) is 32.7 Å². The summed E-state index contributed by atoms with van der Waals surface area (Å²) in [6.45, 7) is 1.32. The fraction of sp³-hybridized carbons (Fsp3) is 0.111. The Kier molecular flexibility index (Phi) is 12.6. The third kappa shape index (κ3) is 7.77. The van der Waals surface area contributed by atoms with Crippen LogP contribution in [0.2, 0.25) is 0 Å². The maximum Gasteiger partial charge on any atom is 0.0627 e. The van der Waals surface area contributed by atoms with Crippen LogP contribution in [0.3, 0.4) is 0 Å². The third-order valence-corrected chi connectivity index (χ3v) is 0.892. The van der Waals surface area contributed by atoms with Gasteiger partial charge in [0.05, 0.1) is 6.29 Å². The van der Waals surface area contributed by atoms with E-state index >= 15 is 0 Å². The van der Waals surface area contributed by atoms with E-state index in [0.29, 0.717) is 5.56 Å². The van der Waals surface area contributed by atoms with E-state index in [9.17, 15) is 4.79 Å². The summed E-state index contributed by atoms with van der Waals surface area (Å²) in [5.41, 5.74) is 0.604. The molecule has 0 fully saturated rings. The molecule has 0 aliphatic heterocycles. The third-order valence-electron chi connectivity index (χ3n) is 0.892. The maximum absolute atomic E-state index is 9.88. The number of carbonyl (C=O) groups excluding carboxylic acids is 2. The summed E-state index contributed by atoms with van der Waals surface area (Å²) in [5, 5.41) is 0. The molecule has 0 aromatic heterocycles. The summed E-state index contributed by atoms with van der Waals surface area (Å²) >= 11 is 0. The van der Waals surface area contributed by atoms with E-state index < -0.39 is 0 Å². The molecule has 12 heavy (non-hydrogen) atoms. The molecule has 0 aliphatic rings. The summed E-state index contributed by atoms with van der Waals surface area (Å²) in [4.78, 5) is 18.6. The molecule has 1 rings (SSSR count). The van der Waals surface area contributed by atoms with Crippen molar-refractivity contribution in [3.8, 4) is 0 Å². The van der Waals surface area contributed by atoms with Crippen LogP contribution in [-0.2, 0) is 42.3 Å². The van der Waals surface area contributed by atoms with Gasteiger partial charge in [0.15, 0.2) is 0 Å². The first-order valence-electron chi connectivity index (χ1n) is 3.07. The Balaban J connectivity index is 0. The number of hydrogen-bond acceptors (Lipinski definition) is 2. The van der Waals surface area contributed by atoms with Crippen LogP contribution in [0.25, 0.3) is 0 Å². The fourth-order valence-electron chi connectivity index (χ4n) is 0.506. The van der Waals surface area contributed by atoms with Gasteiger partial charge in [-0.25, -0.2) is 0 Å². The second-order valence-electron chi connectivity index (χ2n) is 1.67. The van der Waals surface area contributed by atoms with Crippen molar-refractivity contribution in [2.45, 2.75) is 6.92 Å². The van der Waals surface area contributed by atoms with Crippen LogP contribution < -0.4 is 0 Å². The van der Waals surface area contributed by atoms with Crippen molar-refractivity contribution < 1.29 is 42.3 Å². The average molecular weight is 237 g/mol. The first kappa shape index (κ1) is 14.2. The molecule has 0 unspecified atom stereocenters. The second-order valence-corrected chi connectivity index (χ2v) is 1.67. The normalized spacial score (nSPS) is 6.75. The second kappa shape index (κ2) is 10.7. The summed E-state index contributed by atoms with van der Waals surface area (Å²) in [5.74, 6) is 0. The largest absolute Gasteiger partial charge is 0.542 e. The minimum Gasteiger partial charge on any atom is -0.542 e. The summed E-state index contributed by atoms with van der Waals surface area (Å²) in [7, 11) is 0. The first-order valence-corrected chi connectivity index (χ1v) is 3.07. The smallest absolute Gasteiger partial charge is 0.0627 e. The van der Waals surface area contributed by atoms with Gasteiger partial charge in [-0.3, -0.25) is 6.29 Å². The van der Waals surface area contributed by atoms with Gasteiger partial charge < -0.3 is 9.59 Å². The number of benzene rings is 1. The van der Waals surface area contributed by atoms with E-state index in [4.69, 9.17) is 4.79 Å². The van der Waals surface area contributed by atoms with Crippen LogP contribution >= 0.6 is 0 Å². The molecule has 0 N–H and O–H groups in total. The molecule has 0 bridgehead atoms. The Labute approximate surface area is 97.2 Å². The van der Waals surface area contributed by atoms with Crippen molar-refractivity contribution in [3.05, 3.63) is 35.9 Å². The van der Waals surface area contributed by atoms with Gasteiger partial charge in [0.25, 0.3) is 0 Å². The zero-order valence-corrected chi connectivity index (χ0v) is 9.62. The molecule has 1 aromatic rings. The Morgan fingerprint density at radius 1 is 1.08 bits per heavy atom. The minimum atomic E-state index is 0. The quantitative estimate of drug-likeness (QED) is 0.689. The van der Waals surface area contributed by atoms with E-state index in [1.807, 2.05) is 6.07 Å². The van der Waals surface area contributed by atoms with Gasteiger partial charge in [-0.15, -0.1) is 12.1 Å². The molecular weight excluding hydrogens is 229 g/mol. The van der Waals surface area contributed by atoms with Gasteiger partial charge in [-0.05, 0) is 0 Å². The fourth-order valence-corrected chi connectivity index (χ4v) is 0.506. The molecule has 1 radical (unpaired) electrons. The predicted octanol–water partition coefficient (Wildman–Crippen LogP) is 1.26. The summed E-state index contributed by atoms with van der Waals surface area (Å²) in [6, 6.07) is 8.90. The van der Waals surface area contributed by atoms with Gasteiger partial charge in [-0.2, -0.15) is 24.6 Å².